The molecule has 0 saturated heterocycles. The predicted octanol–water partition coefficient (Wildman–Crippen LogP) is 3.94. The van der Waals surface area contributed by atoms with Gasteiger partial charge in [-0.15, -0.1) is 0 Å². The van der Waals surface area contributed by atoms with Crippen LogP contribution in [0.1, 0.15) is 24.1 Å². The number of aryl methyl sites for hydroxylation is 1. The lowest BCUT2D eigenvalue weighted by atomic mass is 9.92. The molecule has 1 aromatic heterocycles. The highest BCUT2D eigenvalue weighted by Crippen LogP contribution is 2.31. The molecule has 2 aromatic rings. The Kier molecular flexibility index (Phi) is 5.18. The zero-order valence-electron chi connectivity index (χ0n) is 12.8. The molecule has 4 nitrogen and oxygen atoms in total. The summed E-state index contributed by atoms with van der Waals surface area (Å²) in [5.41, 5.74) is 4.32. The highest BCUT2D eigenvalue weighted by Gasteiger charge is 2.19. The van der Waals surface area contributed by atoms with Gasteiger partial charge in [0.25, 0.3) is 0 Å². The number of fused-ring (bicyclic) bond motifs is 1. The molecular weight excluding hydrogens is 332 g/mol. The molecule has 1 heterocycles. The lowest BCUT2D eigenvalue weighted by molar-refractivity contribution is -0.137. The summed E-state index contributed by atoms with van der Waals surface area (Å²) in [6.45, 7) is 0. The Bertz CT molecular complexity index is 719. The number of benzene rings is 1. The molecule has 6 heteroatoms. The summed E-state index contributed by atoms with van der Waals surface area (Å²) >= 11 is 7.30. The zero-order chi connectivity index (χ0) is 16.2. The van der Waals surface area contributed by atoms with E-state index < -0.39 is 0 Å². The molecule has 1 aromatic carbocycles. The van der Waals surface area contributed by atoms with Crippen LogP contribution in [0.15, 0.2) is 29.4 Å². The lowest BCUT2D eigenvalue weighted by Crippen LogP contribution is -2.11. The molecule has 0 aliphatic heterocycles. The van der Waals surface area contributed by atoms with Crippen molar-refractivity contribution in [3.8, 4) is 11.3 Å². The highest BCUT2D eigenvalue weighted by molar-refractivity contribution is 7.99. The molecule has 0 N–H and O–H groups in total. The van der Waals surface area contributed by atoms with E-state index in [-0.39, 0.29) is 11.7 Å². The summed E-state index contributed by atoms with van der Waals surface area (Å²) in [5.74, 6) is -0.0561. The first kappa shape index (κ1) is 16.3. The van der Waals surface area contributed by atoms with Crippen molar-refractivity contribution in [1.29, 1.82) is 0 Å². The molecular formula is C17H17ClN2O2S. The van der Waals surface area contributed by atoms with E-state index in [9.17, 15) is 4.79 Å². The minimum atomic E-state index is -0.274. The molecule has 0 unspecified atom stereocenters. The largest absolute Gasteiger partial charge is 0.468 e. The topological polar surface area (TPSA) is 52.1 Å². The van der Waals surface area contributed by atoms with Crippen LogP contribution in [0.5, 0.6) is 0 Å². The van der Waals surface area contributed by atoms with Crippen LogP contribution in [0.4, 0.5) is 0 Å². The number of ether oxygens (including phenoxy) is 1. The number of nitrogens with zero attached hydrogens (tertiary/aromatic N) is 2. The first-order valence-electron chi connectivity index (χ1n) is 7.52. The van der Waals surface area contributed by atoms with Crippen LogP contribution in [-0.4, -0.2) is 28.8 Å². The fraction of sp³-hybridized carbons (Fsp3) is 0.353. The number of hydrogen-bond acceptors (Lipinski definition) is 5. The average Bonchev–Trinajstić information content (AvgIpc) is 2.59. The Morgan fingerprint density at radius 2 is 1.96 bits per heavy atom. The molecule has 0 saturated carbocycles. The minimum Gasteiger partial charge on any atom is -0.468 e. The maximum Gasteiger partial charge on any atom is 0.316 e. The Morgan fingerprint density at radius 1 is 1.22 bits per heavy atom. The van der Waals surface area contributed by atoms with E-state index in [1.807, 2.05) is 24.3 Å². The normalized spacial score (nSPS) is 13.5. The van der Waals surface area contributed by atoms with E-state index in [1.54, 1.807) is 0 Å². The molecule has 3 rings (SSSR count). The number of esters is 1. The van der Waals surface area contributed by atoms with Gasteiger partial charge in [-0.25, -0.2) is 9.97 Å². The van der Waals surface area contributed by atoms with Gasteiger partial charge in [-0.3, -0.25) is 4.79 Å². The first-order chi connectivity index (χ1) is 11.2. The second-order valence-electron chi connectivity index (χ2n) is 5.36. The molecule has 0 fully saturated rings. The van der Waals surface area contributed by atoms with Crippen molar-refractivity contribution in [2.75, 3.05) is 12.9 Å². The summed E-state index contributed by atoms with van der Waals surface area (Å²) in [5, 5.41) is 1.33. The number of carbonyl (C=O) groups is 1. The van der Waals surface area contributed by atoms with Crippen LogP contribution in [-0.2, 0) is 22.4 Å². The van der Waals surface area contributed by atoms with Gasteiger partial charge in [-0.1, -0.05) is 35.5 Å². The molecule has 23 heavy (non-hydrogen) atoms. The quantitative estimate of drug-likeness (QED) is 0.476. The van der Waals surface area contributed by atoms with Gasteiger partial charge in [0.1, 0.15) is 0 Å². The highest BCUT2D eigenvalue weighted by atomic mass is 35.5. The molecule has 0 amide bonds. The van der Waals surface area contributed by atoms with E-state index in [0.29, 0.717) is 10.2 Å². The number of carbonyl (C=O) groups excluding carboxylic acids is 1. The van der Waals surface area contributed by atoms with Crippen molar-refractivity contribution >= 4 is 29.3 Å². The van der Waals surface area contributed by atoms with Crippen molar-refractivity contribution in [2.45, 2.75) is 30.8 Å². The standard InChI is InChI=1S/C17H17ClN2O2S/c1-22-15(21)10-23-17-19-14-5-3-2-4-13(14)16(20-17)11-6-8-12(18)9-7-11/h6-9H,2-5,10H2,1H3. The van der Waals surface area contributed by atoms with E-state index in [0.717, 1.165) is 42.6 Å². The van der Waals surface area contributed by atoms with E-state index >= 15 is 0 Å². The minimum absolute atomic E-state index is 0.218. The fourth-order valence-electron chi connectivity index (χ4n) is 2.66. The SMILES string of the molecule is COC(=O)CSc1nc2c(c(-c3ccc(Cl)cc3)n1)CCCC2. The summed E-state index contributed by atoms with van der Waals surface area (Å²) < 4.78 is 4.68. The maximum absolute atomic E-state index is 11.4. The van der Waals surface area contributed by atoms with Crippen LogP contribution >= 0.6 is 23.4 Å². The van der Waals surface area contributed by atoms with Crippen LogP contribution in [0, 0.1) is 0 Å². The van der Waals surface area contributed by atoms with E-state index in [2.05, 4.69) is 9.72 Å². The van der Waals surface area contributed by atoms with Crippen molar-refractivity contribution in [3.05, 3.63) is 40.5 Å². The third kappa shape index (κ3) is 3.85. The molecule has 0 spiro atoms. The number of halogens is 1. The number of hydrogen-bond donors (Lipinski definition) is 0. The maximum atomic E-state index is 11.4. The summed E-state index contributed by atoms with van der Waals surface area (Å²) in [4.78, 5) is 20.7. The molecule has 0 atom stereocenters. The van der Waals surface area contributed by atoms with Gasteiger partial charge in [-0.2, -0.15) is 0 Å². The van der Waals surface area contributed by atoms with Gasteiger partial charge in [0.2, 0.25) is 0 Å². The summed E-state index contributed by atoms with van der Waals surface area (Å²) in [7, 11) is 1.38. The number of methoxy groups -OCH3 is 1. The Hall–Kier alpha value is -1.59. The molecule has 1 aliphatic rings. The van der Waals surface area contributed by atoms with Gasteiger partial charge < -0.3 is 4.74 Å². The molecule has 1 aliphatic carbocycles. The van der Waals surface area contributed by atoms with Crippen molar-refractivity contribution < 1.29 is 9.53 Å². The van der Waals surface area contributed by atoms with Gasteiger partial charge in [-0.05, 0) is 37.8 Å². The fourth-order valence-corrected chi connectivity index (χ4v) is 3.49. The third-order valence-corrected chi connectivity index (χ3v) is 4.90. The lowest BCUT2D eigenvalue weighted by Gasteiger charge is -2.19. The molecule has 120 valence electrons. The van der Waals surface area contributed by atoms with Gasteiger partial charge in [0.15, 0.2) is 5.16 Å². The number of thioether (sulfide) groups is 1. The molecule has 0 radical (unpaired) electrons. The Morgan fingerprint density at radius 3 is 2.70 bits per heavy atom. The Labute approximate surface area is 144 Å². The number of aromatic nitrogens is 2. The van der Waals surface area contributed by atoms with Crippen LogP contribution < -0.4 is 0 Å². The van der Waals surface area contributed by atoms with Crippen molar-refractivity contribution in [2.24, 2.45) is 0 Å². The van der Waals surface area contributed by atoms with Gasteiger partial charge in [0.05, 0.1) is 18.6 Å². The summed E-state index contributed by atoms with van der Waals surface area (Å²) in [6, 6.07) is 7.70. The van der Waals surface area contributed by atoms with E-state index in [4.69, 9.17) is 16.6 Å². The predicted molar refractivity (Wildman–Crippen MR) is 91.9 cm³/mol. The first-order valence-corrected chi connectivity index (χ1v) is 8.89. The number of rotatable bonds is 4. The second kappa shape index (κ2) is 7.32. The Balaban J connectivity index is 1.98. The summed E-state index contributed by atoms with van der Waals surface area (Å²) in [6.07, 6.45) is 4.26. The molecule has 0 bridgehead atoms. The zero-order valence-corrected chi connectivity index (χ0v) is 14.4. The van der Waals surface area contributed by atoms with Crippen LogP contribution in [0.2, 0.25) is 5.02 Å². The van der Waals surface area contributed by atoms with Crippen molar-refractivity contribution in [1.82, 2.24) is 9.97 Å². The second-order valence-corrected chi connectivity index (χ2v) is 6.74. The van der Waals surface area contributed by atoms with E-state index in [1.165, 1.54) is 24.4 Å². The van der Waals surface area contributed by atoms with Crippen LogP contribution in [0.25, 0.3) is 11.3 Å². The third-order valence-electron chi connectivity index (χ3n) is 3.83. The monoisotopic (exact) mass is 348 g/mol. The van der Waals surface area contributed by atoms with Gasteiger partial charge in [0, 0.05) is 21.8 Å². The van der Waals surface area contributed by atoms with Gasteiger partial charge >= 0.3 is 5.97 Å². The smallest absolute Gasteiger partial charge is 0.316 e. The average molecular weight is 349 g/mol. The van der Waals surface area contributed by atoms with Crippen LogP contribution in [0.3, 0.4) is 0 Å². The van der Waals surface area contributed by atoms with Crippen molar-refractivity contribution in [3.63, 3.8) is 0 Å².